The predicted octanol–water partition coefficient (Wildman–Crippen LogP) is 4.61. The highest BCUT2D eigenvalue weighted by Gasteiger charge is 2.62. The minimum Gasteiger partial charge on any atom is -0.465 e. The Balaban J connectivity index is 1.08. The molecule has 43 heavy (non-hydrogen) atoms. The molecule has 0 radical (unpaired) electrons. The van der Waals surface area contributed by atoms with Gasteiger partial charge in [-0.1, -0.05) is 32.9 Å². The summed E-state index contributed by atoms with van der Waals surface area (Å²) >= 11 is 0. The van der Waals surface area contributed by atoms with Crippen LogP contribution in [0.3, 0.4) is 0 Å². The van der Waals surface area contributed by atoms with E-state index < -0.39 is 5.97 Å². The van der Waals surface area contributed by atoms with Crippen molar-refractivity contribution in [3.8, 4) is 0 Å². The Morgan fingerprint density at radius 3 is 2.35 bits per heavy atom. The van der Waals surface area contributed by atoms with Crippen LogP contribution in [0.1, 0.15) is 101 Å². The van der Waals surface area contributed by atoms with E-state index in [1.807, 2.05) is 0 Å². The third-order valence-electron chi connectivity index (χ3n) is 12.6. The lowest BCUT2D eigenvalue weighted by molar-refractivity contribution is -0.174. The number of nitrogens with one attached hydrogen (secondary N) is 2. The summed E-state index contributed by atoms with van der Waals surface area (Å²) in [7, 11) is 1.34. The van der Waals surface area contributed by atoms with E-state index in [0.717, 1.165) is 56.9 Å². The lowest BCUT2D eigenvalue weighted by atomic mass is 9.43. The van der Waals surface area contributed by atoms with E-state index in [4.69, 9.17) is 4.74 Å². The van der Waals surface area contributed by atoms with Crippen LogP contribution in [0.15, 0.2) is 24.3 Å². The van der Waals surface area contributed by atoms with Crippen molar-refractivity contribution in [2.75, 3.05) is 13.7 Å². The molecule has 10 atom stereocenters. The SMILES string of the molecule is COC(=O)c1ccc(CNC(=O)CNC(=O)CC[C@@H](C)[C@H]2CC[C@H]3[C@@H]4[C@@H](O)C[C@@H]5C[C@H](O)CC[C@]5(C)[C@H]4CC[C@]23C)cc1. The van der Waals surface area contributed by atoms with Gasteiger partial charge in [0.2, 0.25) is 11.8 Å². The summed E-state index contributed by atoms with van der Waals surface area (Å²) in [4.78, 5) is 36.6. The molecule has 0 spiro atoms. The van der Waals surface area contributed by atoms with Gasteiger partial charge in [-0.25, -0.2) is 4.79 Å². The van der Waals surface area contributed by atoms with Crippen molar-refractivity contribution in [2.45, 2.75) is 104 Å². The minimum atomic E-state index is -0.404. The molecule has 0 aliphatic heterocycles. The Bertz CT molecular complexity index is 1170. The maximum absolute atomic E-state index is 12.7. The van der Waals surface area contributed by atoms with Crippen molar-refractivity contribution in [3.63, 3.8) is 0 Å². The molecule has 4 aliphatic rings. The zero-order valence-corrected chi connectivity index (χ0v) is 26.4. The van der Waals surface area contributed by atoms with Gasteiger partial charge in [-0.3, -0.25) is 9.59 Å². The molecule has 8 nitrogen and oxygen atoms in total. The van der Waals surface area contributed by atoms with Crippen molar-refractivity contribution in [1.82, 2.24) is 10.6 Å². The van der Waals surface area contributed by atoms with E-state index in [2.05, 4.69) is 31.4 Å². The van der Waals surface area contributed by atoms with Crippen LogP contribution >= 0.6 is 0 Å². The van der Waals surface area contributed by atoms with Gasteiger partial charge in [-0.15, -0.1) is 0 Å². The van der Waals surface area contributed by atoms with Crippen molar-refractivity contribution in [2.24, 2.45) is 46.3 Å². The molecule has 0 aromatic heterocycles. The lowest BCUT2D eigenvalue weighted by Crippen LogP contribution is -2.58. The van der Waals surface area contributed by atoms with Crippen LogP contribution in [-0.2, 0) is 20.9 Å². The van der Waals surface area contributed by atoms with E-state index in [-0.39, 0.29) is 41.4 Å². The Morgan fingerprint density at radius 1 is 0.930 bits per heavy atom. The standard InChI is InChI=1S/C35H52N2O6/c1-21(5-12-30(40)37-20-31(41)36-19-22-6-8-23(9-7-22)33(42)43-4)26-10-11-27-32-28(14-16-35(26,27)3)34(2)15-13-25(38)17-24(34)18-29(32)39/h6-9,21,24-29,32,38-39H,5,10-20H2,1-4H3,(H,36,41)(H,37,40)/t21-,24+,25-,26-,27+,28+,29+,32+,34+,35-/m1/s1. The van der Waals surface area contributed by atoms with Crippen molar-refractivity contribution < 1.29 is 29.3 Å². The van der Waals surface area contributed by atoms with Gasteiger partial charge >= 0.3 is 5.97 Å². The van der Waals surface area contributed by atoms with Crippen LogP contribution in [0.25, 0.3) is 0 Å². The molecule has 0 bridgehead atoms. The second kappa shape index (κ2) is 12.9. The summed E-state index contributed by atoms with van der Waals surface area (Å²) in [6.07, 6.45) is 9.00. The highest BCUT2D eigenvalue weighted by molar-refractivity contribution is 5.89. The molecule has 0 saturated heterocycles. The molecule has 0 heterocycles. The molecular formula is C35H52N2O6. The molecule has 1 aromatic rings. The smallest absolute Gasteiger partial charge is 0.337 e. The van der Waals surface area contributed by atoms with Gasteiger partial charge in [-0.05, 0) is 122 Å². The monoisotopic (exact) mass is 596 g/mol. The van der Waals surface area contributed by atoms with E-state index >= 15 is 0 Å². The number of carbonyl (C=O) groups is 3. The number of hydrogen-bond donors (Lipinski definition) is 4. The fraction of sp³-hybridized carbons (Fsp3) is 0.743. The average molecular weight is 597 g/mol. The van der Waals surface area contributed by atoms with Crippen LogP contribution in [0.4, 0.5) is 0 Å². The number of esters is 1. The number of amides is 2. The number of methoxy groups -OCH3 is 1. The molecule has 4 N–H and O–H groups in total. The molecule has 4 saturated carbocycles. The molecule has 4 aliphatic carbocycles. The maximum atomic E-state index is 12.7. The number of hydrogen-bond acceptors (Lipinski definition) is 6. The normalized spacial score (nSPS) is 37.3. The Kier molecular flexibility index (Phi) is 9.57. The van der Waals surface area contributed by atoms with E-state index in [1.54, 1.807) is 24.3 Å². The summed E-state index contributed by atoms with van der Waals surface area (Å²) in [5.41, 5.74) is 1.72. The number of aliphatic hydroxyl groups excluding tert-OH is 2. The van der Waals surface area contributed by atoms with Gasteiger partial charge < -0.3 is 25.6 Å². The lowest BCUT2D eigenvalue weighted by Gasteiger charge is -2.62. The summed E-state index contributed by atoms with van der Waals surface area (Å²) in [6.45, 7) is 7.45. The van der Waals surface area contributed by atoms with Gasteiger partial charge in [0, 0.05) is 13.0 Å². The van der Waals surface area contributed by atoms with Crippen LogP contribution in [-0.4, -0.2) is 53.9 Å². The van der Waals surface area contributed by atoms with E-state index in [9.17, 15) is 24.6 Å². The summed E-state index contributed by atoms with van der Waals surface area (Å²) in [5, 5.41) is 27.4. The van der Waals surface area contributed by atoms with Crippen molar-refractivity contribution >= 4 is 17.8 Å². The molecule has 1 aromatic carbocycles. The molecule has 0 unspecified atom stereocenters. The van der Waals surface area contributed by atoms with Crippen LogP contribution in [0, 0.1) is 46.3 Å². The minimum absolute atomic E-state index is 0.0611. The Hall–Kier alpha value is -2.45. The molecule has 4 fully saturated rings. The number of benzene rings is 1. The Morgan fingerprint density at radius 2 is 1.63 bits per heavy atom. The average Bonchev–Trinajstić information content (AvgIpc) is 3.35. The number of ether oxygens (including phenoxy) is 1. The van der Waals surface area contributed by atoms with E-state index in [1.165, 1.54) is 13.5 Å². The first-order valence-corrected chi connectivity index (χ1v) is 16.5. The second-order valence-electron chi connectivity index (χ2n) is 14.7. The quantitative estimate of drug-likeness (QED) is 0.309. The number of carbonyl (C=O) groups excluding carboxylic acids is 3. The first kappa shape index (κ1) is 32.0. The molecule has 2 amide bonds. The predicted molar refractivity (Wildman–Crippen MR) is 164 cm³/mol. The molecule has 238 valence electrons. The molecule has 8 heteroatoms. The number of rotatable bonds is 9. The number of fused-ring (bicyclic) bond motifs is 5. The molecule has 5 rings (SSSR count). The van der Waals surface area contributed by atoms with Crippen molar-refractivity contribution in [3.05, 3.63) is 35.4 Å². The zero-order valence-electron chi connectivity index (χ0n) is 26.4. The van der Waals surface area contributed by atoms with Crippen LogP contribution in [0.2, 0.25) is 0 Å². The summed E-state index contributed by atoms with van der Waals surface area (Å²) < 4.78 is 4.70. The Labute approximate surface area is 256 Å². The second-order valence-corrected chi connectivity index (χ2v) is 14.7. The third-order valence-corrected chi connectivity index (χ3v) is 12.6. The third kappa shape index (κ3) is 6.37. The fourth-order valence-corrected chi connectivity index (χ4v) is 10.1. The van der Waals surface area contributed by atoms with Gasteiger partial charge in [0.15, 0.2) is 0 Å². The fourth-order valence-electron chi connectivity index (χ4n) is 10.1. The largest absolute Gasteiger partial charge is 0.465 e. The van der Waals surface area contributed by atoms with Crippen LogP contribution in [0.5, 0.6) is 0 Å². The first-order chi connectivity index (χ1) is 20.5. The highest BCUT2D eigenvalue weighted by Crippen LogP contribution is 2.68. The number of aliphatic hydroxyl groups is 2. The van der Waals surface area contributed by atoms with Gasteiger partial charge in [0.05, 0.1) is 31.4 Å². The summed E-state index contributed by atoms with van der Waals surface area (Å²) in [5.74, 6) is 2.00. The topological polar surface area (TPSA) is 125 Å². The van der Waals surface area contributed by atoms with Crippen molar-refractivity contribution in [1.29, 1.82) is 0 Å². The van der Waals surface area contributed by atoms with Gasteiger partial charge in [-0.2, -0.15) is 0 Å². The molecular weight excluding hydrogens is 544 g/mol. The highest BCUT2D eigenvalue weighted by atomic mass is 16.5. The van der Waals surface area contributed by atoms with Gasteiger partial charge in [0.1, 0.15) is 0 Å². The maximum Gasteiger partial charge on any atom is 0.337 e. The van der Waals surface area contributed by atoms with E-state index in [0.29, 0.717) is 54.0 Å². The first-order valence-electron chi connectivity index (χ1n) is 16.5. The van der Waals surface area contributed by atoms with Gasteiger partial charge in [0.25, 0.3) is 0 Å². The van der Waals surface area contributed by atoms with Crippen LogP contribution < -0.4 is 10.6 Å². The summed E-state index contributed by atoms with van der Waals surface area (Å²) in [6, 6.07) is 6.84. The zero-order chi connectivity index (χ0) is 30.9.